The molecule has 0 aliphatic rings. The van der Waals surface area contributed by atoms with E-state index in [1.54, 1.807) is 31.2 Å². The predicted molar refractivity (Wildman–Crippen MR) is 151 cm³/mol. The molecule has 0 unspecified atom stereocenters. The standard InChI is InChI=1S/C31H36N2O7/c1-3-39-30(34)10-6-7-20-32(22-24-11-15-27(16-12-24)31(35)38-2)21-19-26-8-4-5-9-29(26)40-23-25-13-17-28(18-14-25)33(36)37/h4-5,8-9,11-18H,3,6-7,10,19-23H2,1-2H3. The third-order valence-electron chi connectivity index (χ3n) is 6.40. The lowest BCUT2D eigenvalue weighted by Gasteiger charge is -2.23. The molecular formula is C31H36N2O7. The van der Waals surface area contributed by atoms with Gasteiger partial charge in [-0.25, -0.2) is 4.79 Å². The summed E-state index contributed by atoms with van der Waals surface area (Å²) in [6.07, 6.45) is 2.73. The third kappa shape index (κ3) is 9.81. The van der Waals surface area contributed by atoms with Crippen molar-refractivity contribution in [2.75, 3.05) is 26.8 Å². The summed E-state index contributed by atoms with van der Waals surface area (Å²) in [7, 11) is 1.36. The van der Waals surface area contributed by atoms with Crippen LogP contribution >= 0.6 is 0 Å². The molecule has 0 heterocycles. The van der Waals surface area contributed by atoms with E-state index in [0.717, 1.165) is 54.8 Å². The number of nitrogens with zero attached hydrogens (tertiary/aromatic N) is 2. The molecule has 9 heteroatoms. The Labute approximate surface area is 234 Å². The van der Waals surface area contributed by atoms with E-state index in [4.69, 9.17) is 14.2 Å². The molecule has 0 atom stereocenters. The van der Waals surface area contributed by atoms with Gasteiger partial charge in [0, 0.05) is 31.6 Å². The summed E-state index contributed by atoms with van der Waals surface area (Å²) >= 11 is 0. The van der Waals surface area contributed by atoms with Gasteiger partial charge < -0.3 is 14.2 Å². The van der Waals surface area contributed by atoms with Crippen LogP contribution in [0.5, 0.6) is 5.75 Å². The van der Waals surface area contributed by atoms with Gasteiger partial charge in [0.2, 0.25) is 0 Å². The number of hydrogen-bond acceptors (Lipinski definition) is 8. The number of unbranched alkanes of at least 4 members (excludes halogenated alkanes) is 1. The third-order valence-corrected chi connectivity index (χ3v) is 6.40. The van der Waals surface area contributed by atoms with E-state index in [-0.39, 0.29) is 17.6 Å². The van der Waals surface area contributed by atoms with Crippen LogP contribution in [-0.2, 0) is 33.8 Å². The van der Waals surface area contributed by atoms with Crippen molar-refractivity contribution in [1.29, 1.82) is 0 Å². The molecule has 0 N–H and O–H groups in total. The first kappa shape index (κ1) is 30.3. The van der Waals surface area contributed by atoms with Gasteiger partial charge in [0.05, 0.1) is 24.2 Å². The van der Waals surface area contributed by atoms with E-state index >= 15 is 0 Å². The molecule has 0 aromatic heterocycles. The number of nitro benzene ring substituents is 1. The molecule has 0 fully saturated rings. The number of carbonyl (C=O) groups excluding carboxylic acids is 2. The highest BCUT2D eigenvalue weighted by Crippen LogP contribution is 2.22. The number of ether oxygens (including phenoxy) is 3. The van der Waals surface area contributed by atoms with Crippen LogP contribution in [-0.4, -0.2) is 48.6 Å². The summed E-state index contributed by atoms with van der Waals surface area (Å²) in [5, 5.41) is 10.9. The molecule has 0 saturated carbocycles. The van der Waals surface area contributed by atoms with Gasteiger partial charge >= 0.3 is 11.9 Å². The smallest absolute Gasteiger partial charge is 0.337 e. The van der Waals surface area contributed by atoms with Crippen LogP contribution in [0.15, 0.2) is 72.8 Å². The van der Waals surface area contributed by atoms with Gasteiger partial charge in [-0.15, -0.1) is 0 Å². The van der Waals surface area contributed by atoms with E-state index < -0.39 is 4.92 Å². The number of non-ortho nitro benzene ring substituents is 1. The zero-order chi connectivity index (χ0) is 28.7. The summed E-state index contributed by atoms with van der Waals surface area (Å²) < 4.78 is 15.9. The zero-order valence-electron chi connectivity index (χ0n) is 23.0. The first-order chi connectivity index (χ1) is 19.4. The van der Waals surface area contributed by atoms with E-state index in [9.17, 15) is 19.7 Å². The molecule has 0 aliphatic heterocycles. The molecule has 0 saturated heterocycles. The maximum absolute atomic E-state index is 11.8. The van der Waals surface area contributed by atoms with Gasteiger partial charge in [-0.3, -0.25) is 19.8 Å². The van der Waals surface area contributed by atoms with Gasteiger partial charge in [-0.2, -0.15) is 0 Å². The van der Waals surface area contributed by atoms with Crippen LogP contribution in [0.3, 0.4) is 0 Å². The zero-order valence-corrected chi connectivity index (χ0v) is 23.0. The van der Waals surface area contributed by atoms with Crippen molar-refractivity contribution in [3.05, 3.63) is 105 Å². The summed E-state index contributed by atoms with van der Waals surface area (Å²) in [4.78, 5) is 36.3. The second-order valence-corrected chi connectivity index (χ2v) is 9.30. The number of hydrogen-bond donors (Lipinski definition) is 0. The minimum Gasteiger partial charge on any atom is -0.489 e. The molecule has 3 aromatic carbocycles. The number of nitro groups is 1. The summed E-state index contributed by atoms with van der Waals surface area (Å²) in [6, 6.07) is 21.6. The molecule has 212 valence electrons. The van der Waals surface area contributed by atoms with Crippen LogP contribution < -0.4 is 4.74 Å². The topological polar surface area (TPSA) is 108 Å². The minimum absolute atomic E-state index is 0.0476. The Kier molecular flexibility index (Phi) is 12.1. The number of carbonyl (C=O) groups is 2. The predicted octanol–water partition coefficient (Wildman–Crippen LogP) is 5.74. The second kappa shape index (κ2) is 16.0. The van der Waals surface area contributed by atoms with E-state index in [2.05, 4.69) is 4.90 Å². The minimum atomic E-state index is -0.421. The van der Waals surface area contributed by atoms with Crippen molar-refractivity contribution in [3.8, 4) is 5.75 Å². The number of esters is 2. The summed E-state index contributed by atoms with van der Waals surface area (Å²) in [5.41, 5.74) is 3.53. The molecular weight excluding hydrogens is 512 g/mol. The van der Waals surface area contributed by atoms with E-state index in [0.29, 0.717) is 31.7 Å². The Morgan fingerprint density at radius 3 is 2.27 bits per heavy atom. The Bertz CT molecular complexity index is 1240. The fourth-order valence-electron chi connectivity index (χ4n) is 4.23. The Hall–Kier alpha value is -4.24. The monoisotopic (exact) mass is 548 g/mol. The second-order valence-electron chi connectivity index (χ2n) is 9.30. The maximum atomic E-state index is 11.8. The molecule has 9 nitrogen and oxygen atoms in total. The van der Waals surface area contributed by atoms with Gasteiger partial charge in [0.1, 0.15) is 12.4 Å². The average molecular weight is 549 g/mol. The molecule has 0 radical (unpaired) electrons. The largest absolute Gasteiger partial charge is 0.489 e. The molecule has 3 aromatic rings. The first-order valence-corrected chi connectivity index (χ1v) is 13.4. The molecule has 0 spiro atoms. The van der Waals surface area contributed by atoms with Crippen LogP contribution in [0.4, 0.5) is 5.69 Å². The van der Waals surface area contributed by atoms with Gasteiger partial charge in [-0.05, 0) is 79.8 Å². The molecule has 3 rings (SSSR count). The van der Waals surface area contributed by atoms with Crippen molar-refractivity contribution < 1.29 is 28.7 Å². The number of benzene rings is 3. The van der Waals surface area contributed by atoms with Gasteiger partial charge in [-0.1, -0.05) is 30.3 Å². The molecule has 0 aliphatic carbocycles. The van der Waals surface area contributed by atoms with Crippen molar-refractivity contribution >= 4 is 17.6 Å². The normalized spacial score (nSPS) is 10.8. The highest BCUT2D eigenvalue weighted by Gasteiger charge is 2.12. The number of rotatable bonds is 16. The quantitative estimate of drug-likeness (QED) is 0.0965. The number of methoxy groups -OCH3 is 1. The summed E-state index contributed by atoms with van der Waals surface area (Å²) in [5.74, 6) is 0.227. The van der Waals surface area contributed by atoms with Crippen molar-refractivity contribution in [2.45, 2.75) is 45.8 Å². The van der Waals surface area contributed by atoms with Gasteiger partial charge in [0.15, 0.2) is 0 Å². The van der Waals surface area contributed by atoms with Crippen LogP contribution in [0.2, 0.25) is 0 Å². The first-order valence-electron chi connectivity index (χ1n) is 13.4. The highest BCUT2D eigenvalue weighted by atomic mass is 16.6. The maximum Gasteiger partial charge on any atom is 0.337 e. The molecule has 40 heavy (non-hydrogen) atoms. The highest BCUT2D eigenvalue weighted by molar-refractivity contribution is 5.89. The molecule has 0 bridgehead atoms. The van der Waals surface area contributed by atoms with E-state index in [1.165, 1.54) is 19.2 Å². The van der Waals surface area contributed by atoms with Crippen molar-refractivity contribution in [2.24, 2.45) is 0 Å². The molecule has 0 amide bonds. The average Bonchev–Trinajstić information content (AvgIpc) is 2.97. The van der Waals surface area contributed by atoms with Crippen LogP contribution in [0.1, 0.15) is 53.2 Å². The van der Waals surface area contributed by atoms with Crippen LogP contribution in [0.25, 0.3) is 0 Å². The Morgan fingerprint density at radius 2 is 1.60 bits per heavy atom. The fraction of sp³-hybridized carbons (Fsp3) is 0.355. The van der Waals surface area contributed by atoms with Crippen molar-refractivity contribution in [3.63, 3.8) is 0 Å². The fourth-order valence-corrected chi connectivity index (χ4v) is 4.23. The Morgan fingerprint density at radius 1 is 0.900 bits per heavy atom. The van der Waals surface area contributed by atoms with E-state index in [1.807, 2.05) is 36.4 Å². The Balaban J connectivity index is 1.63. The SMILES string of the molecule is CCOC(=O)CCCCN(CCc1ccccc1OCc1ccc([N+](=O)[O-])cc1)Cc1ccc(C(=O)OC)cc1. The summed E-state index contributed by atoms with van der Waals surface area (Å²) in [6.45, 7) is 4.74. The lowest BCUT2D eigenvalue weighted by Crippen LogP contribution is -2.27. The number of para-hydroxylation sites is 1. The van der Waals surface area contributed by atoms with Crippen molar-refractivity contribution in [1.82, 2.24) is 4.90 Å². The lowest BCUT2D eigenvalue weighted by molar-refractivity contribution is -0.384. The lowest BCUT2D eigenvalue weighted by atomic mass is 10.1. The van der Waals surface area contributed by atoms with Gasteiger partial charge in [0.25, 0.3) is 5.69 Å². The van der Waals surface area contributed by atoms with Crippen LogP contribution in [0, 0.1) is 10.1 Å².